The highest BCUT2D eigenvalue weighted by atomic mass is 32.2. The average Bonchev–Trinajstić information content (AvgIpc) is 2.56. The van der Waals surface area contributed by atoms with Crippen LogP contribution in [0.15, 0.2) is 23.2 Å². The summed E-state index contributed by atoms with van der Waals surface area (Å²) in [5.74, 6) is 3.09. The standard InChI is InChI=1S/C18H29FN4S/c1-4-20-18(22-16-6-5-9-24-13-16)21-11-14-7-8-17(19)15(10-14)12-23(2)3/h7-8,10,16H,4-6,9,11-13H2,1-3H3,(H2,20,21,22). The molecule has 2 N–H and O–H groups in total. The summed E-state index contributed by atoms with van der Waals surface area (Å²) in [6.45, 7) is 4.05. The van der Waals surface area contributed by atoms with Crippen molar-refractivity contribution in [2.45, 2.75) is 38.9 Å². The van der Waals surface area contributed by atoms with Crippen LogP contribution in [0.3, 0.4) is 0 Å². The Morgan fingerprint density at radius 1 is 1.42 bits per heavy atom. The van der Waals surface area contributed by atoms with E-state index >= 15 is 0 Å². The number of rotatable bonds is 6. The van der Waals surface area contributed by atoms with Gasteiger partial charge in [0.05, 0.1) is 6.54 Å². The number of thioether (sulfide) groups is 1. The summed E-state index contributed by atoms with van der Waals surface area (Å²) in [4.78, 5) is 6.65. The highest BCUT2D eigenvalue weighted by Gasteiger charge is 2.14. The van der Waals surface area contributed by atoms with Gasteiger partial charge in [-0.15, -0.1) is 0 Å². The maximum atomic E-state index is 13.9. The molecule has 1 aromatic carbocycles. The first-order valence-corrected chi connectivity index (χ1v) is 9.78. The van der Waals surface area contributed by atoms with E-state index in [-0.39, 0.29) is 5.82 Å². The normalized spacial score (nSPS) is 18.7. The molecule has 4 nitrogen and oxygen atoms in total. The van der Waals surface area contributed by atoms with Gasteiger partial charge in [0, 0.05) is 30.4 Å². The second kappa shape index (κ2) is 9.89. The summed E-state index contributed by atoms with van der Waals surface area (Å²) in [5.41, 5.74) is 1.75. The minimum absolute atomic E-state index is 0.152. The van der Waals surface area contributed by atoms with Crippen molar-refractivity contribution in [2.24, 2.45) is 4.99 Å². The quantitative estimate of drug-likeness (QED) is 0.610. The van der Waals surface area contributed by atoms with E-state index < -0.39 is 0 Å². The Hall–Kier alpha value is -1.27. The summed E-state index contributed by atoms with van der Waals surface area (Å²) < 4.78 is 13.9. The summed E-state index contributed by atoms with van der Waals surface area (Å²) in [6.07, 6.45) is 2.45. The van der Waals surface area contributed by atoms with Crippen LogP contribution < -0.4 is 10.6 Å². The van der Waals surface area contributed by atoms with Gasteiger partial charge in [-0.05, 0) is 57.3 Å². The summed E-state index contributed by atoms with van der Waals surface area (Å²) in [6, 6.07) is 5.76. The number of hydrogen-bond acceptors (Lipinski definition) is 3. The SMILES string of the molecule is CCNC(=NCc1ccc(F)c(CN(C)C)c1)NC1CCCSC1. The lowest BCUT2D eigenvalue weighted by Crippen LogP contribution is -2.45. The lowest BCUT2D eigenvalue weighted by atomic mass is 10.1. The minimum Gasteiger partial charge on any atom is -0.357 e. The highest BCUT2D eigenvalue weighted by molar-refractivity contribution is 7.99. The van der Waals surface area contributed by atoms with Crippen molar-refractivity contribution in [1.82, 2.24) is 15.5 Å². The first-order valence-electron chi connectivity index (χ1n) is 8.63. The van der Waals surface area contributed by atoms with E-state index in [1.165, 1.54) is 18.6 Å². The molecule has 1 aliphatic rings. The Kier molecular flexibility index (Phi) is 7.85. The molecule has 0 saturated carbocycles. The number of guanidine groups is 1. The molecule has 1 unspecified atom stereocenters. The number of hydrogen-bond donors (Lipinski definition) is 2. The fourth-order valence-corrected chi connectivity index (χ4v) is 3.80. The van der Waals surface area contributed by atoms with Crippen LogP contribution in [0.2, 0.25) is 0 Å². The number of nitrogens with one attached hydrogen (secondary N) is 2. The van der Waals surface area contributed by atoms with Crippen LogP contribution in [-0.2, 0) is 13.1 Å². The Bertz CT molecular complexity index is 542. The van der Waals surface area contributed by atoms with Gasteiger partial charge in [-0.25, -0.2) is 9.38 Å². The Labute approximate surface area is 149 Å². The largest absolute Gasteiger partial charge is 0.357 e. The third-order valence-electron chi connectivity index (χ3n) is 3.86. The van der Waals surface area contributed by atoms with E-state index in [1.54, 1.807) is 6.07 Å². The van der Waals surface area contributed by atoms with Gasteiger partial charge in [-0.3, -0.25) is 0 Å². The molecule has 0 amide bonds. The van der Waals surface area contributed by atoms with Crippen LogP contribution in [0.5, 0.6) is 0 Å². The molecule has 0 spiro atoms. The van der Waals surface area contributed by atoms with Crippen molar-refractivity contribution in [3.05, 3.63) is 35.1 Å². The molecule has 134 valence electrons. The fraction of sp³-hybridized carbons (Fsp3) is 0.611. The molecule has 1 atom stereocenters. The van der Waals surface area contributed by atoms with E-state index in [2.05, 4.69) is 22.5 Å². The maximum absolute atomic E-state index is 13.9. The van der Waals surface area contributed by atoms with Crippen molar-refractivity contribution >= 4 is 17.7 Å². The lowest BCUT2D eigenvalue weighted by Gasteiger charge is -2.24. The fourth-order valence-electron chi connectivity index (χ4n) is 2.73. The zero-order valence-corrected chi connectivity index (χ0v) is 15.8. The van der Waals surface area contributed by atoms with Crippen LogP contribution >= 0.6 is 11.8 Å². The molecule has 0 bridgehead atoms. The van der Waals surface area contributed by atoms with Crippen LogP contribution in [0.25, 0.3) is 0 Å². The third kappa shape index (κ3) is 6.32. The van der Waals surface area contributed by atoms with Gasteiger partial charge in [0.1, 0.15) is 5.82 Å². The van der Waals surface area contributed by atoms with Crippen LogP contribution in [0.1, 0.15) is 30.9 Å². The van der Waals surface area contributed by atoms with Gasteiger partial charge in [-0.2, -0.15) is 11.8 Å². The molecule has 1 fully saturated rings. The smallest absolute Gasteiger partial charge is 0.191 e. The Balaban J connectivity index is 2.01. The topological polar surface area (TPSA) is 39.7 Å². The molecule has 1 heterocycles. The second-order valence-corrected chi connectivity index (χ2v) is 7.57. The van der Waals surface area contributed by atoms with Gasteiger partial charge in [0.15, 0.2) is 5.96 Å². The molecule has 1 saturated heterocycles. The molecule has 0 aliphatic carbocycles. The Morgan fingerprint density at radius 3 is 2.92 bits per heavy atom. The van der Waals surface area contributed by atoms with Crippen LogP contribution in [-0.4, -0.2) is 49.0 Å². The number of aliphatic imine (C=N–C) groups is 1. The molecular formula is C18H29FN4S. The van der Waals surface area contributed by atoms with Crippen LogP contribution in [0, 0.1) is 5.82 Å². The van der Waals surface area contributed by atoms with Gasteiger partial charge in [0.25, 0.3) is 0 Å². The molecule has 0 radical (unpaired) electrons. The van der Waals surface area contributed by atoms with E-state index in [0.29, 0.717) is 24.7 Å². The molecule has 6 heteroatoms. The predicted molar refractivity (Wildman–Crippen MR) is 102 cm³/mol. The summed E-state index contributed by atoms with van der Waals surface area (Å²) >= 11 is 2.00. The minimum atomic E-state index is -0.152. The number of halogens is 1. The third-order valence-corrected chi connectivity index (χ3v) is 5.08. The molecule has 2 rings (SSSR count). The first kappa shape index (κ1) is 19.1. The van der Waals surface area contributed by atoms with E-state index in [9.17, 15) is 4.39 Å². The summed E-state index contributed by atoms with van der Waals surface area (Å²) in [7, 11) is 3.89. The maximum Gasteiger partial charge on any atom is 0.191 e. The van der Waals surface area contributed by atoms with E-state index in [4.69, 9.17) is 0 Å². The van der Waals surface area contributed by atoms with E-state index in [1.807, 2.05) is 42.9 Å². The Morgan fingerprint density at radius 2 is 2.25 bits per heavy atom. The van der Waals surface area contributed by atoms with Crippen molar-refractivity contribution in [3.63, 3.8) is 0 Å². The average molecular weight is 353 g/mol. The molecule has 0 aromatic heterocycles. The lowest BCUT2D eigenvalue weighted by molar-refractivity contribution is 0.392. The van der Waals surface area contributed by atoms with Crippen molar-refractivity contribution in [1.29, 1.82) is 0 Å². The second-order valence-electron chi connectivity index (χ2n) is 6.42. The number of nitrogens with zero attached hydrogens (tertiary/aromatic N) is 2. The summed E-state index contributed by atoms with van der Waals surface area (Å²) in [5, 5.41) is 6.83. The highest BCUT2D eigenvalue weighted by Crippen LogP contribution is 2.17. The van der Waals surface area contributed by atoms with Gasteiger partial charge < -0.3 is 15.5 Å². The van der Waals surface area contributed by atoms with Crippen molar-refractivity contribution in [3.8, 4) is 0 Å². The van der Waals surface area contributed by atoms with E-state index in [0.717, 1.165) is 23.8 Å². The molecule has 24 heavy (non-hydrogen) atoms. The number of benzene rings is 1. The predicted octanol–water partition coefficient (Wildman–Crippen LogP) is 2.84. The monoisotopic (exact) mass is 352 g/mol. The first-order chi connectivity index (χ1) is 11.6. The molecule has 1 aromatic rings. The van der Waals surface area contributed by atoms with Gasteiger partial charge in [0.2, 0.25) is 0 Å². The van der Waals surface area contributed by atoms with Crippen molar-refractivity contribution in [2.75, 3.05) is 32.1 Å². The van der Waals surface area contributed by atoms with Gasteiger partial charge in [-0.1, -0.05) is 6.07 Å². The zero-order chi connectivity index (χ0) is 17.4. The van der Waals surface area contributed by atoms with Gasteiger partial charge >= 0.3 is 0 Å². The molecule has 1 aliphatic heterocycles. The van der Waals surface area contributed by atoms with Crippen LogP contribution in [0.4, 0.5) is 4.39 Å². The van der Waals surface area contributed by atoms with Crippen molar-refractivity contribution < 1.29 is 4.39 Å². The molecular weight excluding hydrogens is 323 g/mol. The zero-order valence-electron chi connectivity index (χ0n) is 14.9.